The van der Waals surface area contributed by atoms with Crippen molar-refractivity contribution >= 4 is 5.78 Å². The first kappa shape index (κ1) is 15.0. The number of nitrogens with one attached hydrogen (secondary N) is 1. The molecule has 1 fully saturated rings. The molecule has 0 atom stereocenters. The second-order valence-corrected chi connectivity index (χ2v) is 6.07. The van der Waals surface area contributed by atoms with Crippen LogP contribution in [-0.2, 0) is 4.79 Å². The molecular formula is C14H26N2O2. The van der Waals surface area contributed by atoms with E-state index in [1.165, 1.54) is 11.1 Å². The molecule has 0 bridgehead atoms. The fourth-order valence-corrected chi connectivity index (χ4v) is 1.96. The van der Waals surface area contributed by atoms with Crippen molar-refractivity contribution in [3.63, 3.8) is 0 Å². The molecule has 4 nitrogen and oxygen atoms in total. The Morgan fingerprint density at radius 3 is 2.39 bits per heavy atom. The van der Waals surface area contributed by atoms with Gasteiger partial charge >= 0.3 is 0 Å². The van der Waals surface area contributed by atoms with Gasteiger partial charge in [-0.3, -0.25) is 10.0 Å². The van der Waals surface area contributed by atoms with E-state index < -0.39 is 5.54 Å². The van der Waals surface area contributed by atoms with Gasteiger partial charge in [-0.05, 0) is 34.1 Å². The Balaban J connectivity index is 2.71. The predicted octanol–water partition coefficient (Wildman–Crippen LogP) is 2.83. The minimum Gasteiger partial charge on any atom is -0.363 e. The van der Waals surface area contributed by atoms with Gasteiger partial charge in [-0.2, -0.15) is 0 Å². The summed E-state index contributed by atoms with van der Waals surface area (Å²) in [6.45, 7) is 10.0. The summed E-state index contributed by atoms with van der Waals surface area (Å²) in [5.41, 5.74) is -0.722. The molecule has 1 saturated heterocycles. The van der Waals surface area contributed by atoms with Gasteiger partial charge in [-0.1, -0.05) is 19.8 Å². The minimum absolute atomic E-state index is 0.0681. The number of nitrogens with zero attached hydrogens (tertiary/aromatic N) is 1. The van der Waals surface area contributed by atoms with Crippen LogP contribution in [0.3, 0.4) is 0 Å². The molecule has 104 valence electrons. The van der Waals surface area contributed by atoms with Gasteiger partial charge in [0.25, 0.3) is 0 Å². The SMILES string of the molecule is CCCCCC(=O)/C=C1\NC(C)(C)C(C)(C)N1O. The Morgan fingerprint density at radius 1 is 1.33 bits per heavy atom. The van der Waals surface area contributed by atoms with E-state index in [1.807, 2.05) is 27.7 Å². The van der Waals surface area contributed by atoms with Crippen molar-refractivity contribution in [1.29, 1.82) is 0 Å². The molecule has 0 radical (unpaired) electrons. The van der Waals surface area contributed by atoms with Gasteiger partial charge in [0.2, 0.25) is 0 Å². The van der Waals surface area contributed by atoms with Gasteiger partial charge in [0.1, 0.15) is 5.82 Å². The highest BCUT2D eigenvalue weighted by atomic mass is 16.5. The van der Waals surface area contributed by atoms with E-state index in [9.17, 15) is 10.0 Å². The van der Waals surface area contributed by atoms with Gasteiger partial charge < -0.3 is 5.32 Å². The summed E-state index contributed by atoms with van der Waals surface area (Å²) in [4.78, 5) is 11.8. The van der Waals surface area contributed by atoms with Crippen molar-refractivity contribution in [1.82, 2.24) is 10.4 Å². The predicted molar refractivity (Wildman–Crippen MR) is 72.2 cm³/mol. The summed E-state index contributed by atoms with van der Waals surface area (Å²) in [6.07, 6.45) is 5.16. The molecule has 0 aromatic rings. The molecule has 0 spiro atoms. The lowest BCUT2D eigenvalue weighted by atomic mass is 9.84. The van der Waals surface area contributed by atoms with Crippen molar-refractivity contribution in [2.75, 3.05) is 0 Å². The largest absolute Gasteiger partial charge is 0.363 e. The van der Waals surface area contributed by atoms with Crippen LogP contribution in [-0.4, -0.2) is 27.1 Å². The molecule has 18 heavy (non-hydrogen) atoms. The lowest BCUT2D eigenvalue weighted by Gasteiger charge is -2.36. The highest BCUT2D eigenvalue weighted by Crippen LogP contribution is 2.36. The van der Waals surface area contributed by atoms with E-state index in [0.717, 1.165) is 19.3 Å². The summed E-state index contributed by atoms with van der Waals surface area (Å²) >= 11 is 0. The van der Waals surface area contributed by atoms with Gasteiger partial charge in [0.15, 0.2) is 5.78 Å². The van der Waals surface area contributed by atoms with Crippen LogP contribution in [0.15, 0.2) is 11.9 Å². The van der Waals surface area contributed by atoms with Crippen LogP contribution in [0.1, 0.15) is 60.3 Å². The van der Waals surface area contributed by atoms with Crippen LogP contribution >= 0.6 is 0 Å². The topological polar surface area (TPSA) is 52.6 Å². The van der Waals surface area contributed by atoms with Crippen molar-refractivity contribution in [2.24, 2.45) is 0 Å². The maximum Gasteiger partial charge on any atom is 0.159 e. The Hall–Kier alpha value is -1.03. The molecule has 0 aliphatic carbocycles. The first-order valence-electron chi connectivity index (χ1n) is 6.74. The second kappa shape index (κ2) is 5.31. The molecule has 0 saturated carbocycles. The van der Waals surface area contributed by atoms with Crippen molar-refractivity contribution in [3.05, 3.63) is 11.9 Å². The smallest absolute Gasteiger partial charge is 0.159 e. The van der Waals surface area contributed by atoms with Crippen molar-refractivity contribution in [3.8, 4) is 0 Å². The number of carbonyl (C=O) groups is 1. The van der Waals surface area contributed by atoms with E-state index >= 15 is 0 Å². The second-order valence-electron chi connectivity index (χ2n) is 6.07. The molecule has 0 aromatic carbocycles. The van der Waals surface area contributed by atoms with E-state index in [4.69, 9.17) is 0 Å². The molecule has 0 unspecified atom stereocenters. The molecule has 0 amide bonds. The fraction of sp³-hybridized carbons (Fsp3) is 0.786. The van der Waals surface area contributed by atoms with Crippen LogP contribution in [0.5, 0.6) is 0 Å². The highest BCUT2D eigenvalue weighted by molar-refractivity contribution is 5.90. The highest BCUT2D eigenvalue weighted by Gasteiger charge is 2.49. The zero-order valence-corrected chi connectivity index (χ0v) is 12.2. The molecule has 4 heteroatoms. The zero-order valence-electron chi connectivity index (χ0n) is 12.2. The Kier molecular flexibility index (Phi) is 4.43. The quantitative estimate of drug-likeness (QED) is 0.585. The number of unbranched alkanes of at least 4 members (excludes halogenated alkanes) is 2. The summed E-state index contributed by atoms with van der Waals surface area (Å²) < 4.78 is 0. The number of allylic oxidation sites excluding steroid dienone is 1. The number of hydrogen-bond donors (Lipinski definition) is 2. The van der Waals surface area contributed by atoms with Crippen LogP contribution in [0.4, 0.5) is 0 Å². The van der Waals surface area contributed by atoms with Crippen LogP contribution in [0.25, 0.3) is 0 Å². The first-order chi connectivity index (χ1) is 8.22. The standard InChI is InChI=1S/C14H26N2O2/c1-6-7-8-9-11(17)10-12-15-13(2,3)14(4,5)16(12)18/h10,15,18H,6-9H2,1-5H3/b12-10+. The summed E-state index contributed by atoms with van der Waals surface area (Å²) in [7, 11) is 0. The summed E-state index contributed by atoms with van der Waals surface area (Å²) in [6, 6.07) is 0. The lowest BCUT2D eigenvalue weighted by molar-refractivity contribution is -0.125. The third kappa shape index (κ3) is 2.86. The van der Waals surface area contributed by atoms with Gasteiger partial charge in [-0.15, -0.1) is 0 Å². The van der Waals surface area contributed by atoms with E-state index in [1.54, 1.807) is 0 Å². The van der Waals surface area contributed by atoms with Crippen molar-refractivity contribution in [2.45, 2.75) is 71.4 Å². The van der Waals surface area contributed by atoms with Gasteiger partial charge in [-0.25, -0.2) is 5.06 Å². The maximum atomic E-state index is 11.8. The monoisotopic (exact) mass is 254 g/mol. The summed E-state index contributed by atoms with van der Waals surface area (Å²) in [5, 5.41) is 14.5. The third-order valence-corrected chi connectivity index (χ3v) is 4.05. The zero-order chi connectivity index (χ0) is 14.0. The lowest BCUT2D eigenvalue weighted by Crippen LogP contribution is -2.52. The average Bonchev–Trinajstić information content (AvgIpc) is 2.40. The van der Waals surface area contributed by atoms with E-state index in [-0.39, 0.29) is 11.3 Å². The molecule has 1 aliphatic heterocycles. The number of carbonyl (C=O) groups excluding carboxylic acids is 1. The van der Waals surface area contributed by atoms with Gasteiger partial charge in [0.05, 0.1) is 11.1 Å². The number of hydrogen-bond acceptors (Lipinski definition) is 4. The van der Waals surface area contributed by atoms with E-state index in [2.05, 4.69) is 12.2 Å². The normalized spacial score (nSPS) is 23.2. The third-order valence-electron chi connectivity index (χ3n) is 4.05. The Morgan fingerprint density at radius 2 is 1.94 bits per heavy atom. The minimum atomic E-state index is -0.442. The van der Waals surface area contributed by atoms with Crippen LogP contribution in [0, 0.1) is 0 Å². The first-order valence-corrected chi connectivity index (χ1v) is 6.74. The molecule has 2 N–H and O–H groups in total. The van der Waals surface area contributed by atoms with E-state index in [0.29, 0.717) is 12.2 Å². The number of rotatable bonds is 5. The molecule has 1 rings (SSSR count). The maximum absolute atomic E-state index is 11.8. The van der Waals surface area contributed by atoms with Gasteiger partial charge in [0, 0.05) is 12.5 Å². The van der Waals surface area contributed by atoms with Crippen LogP contribution in [0.2, 0.25) is 0 Å². The number of ketones is 1. The average molecular weight is 254 g/mol. The molecule has 1 heterocycles. The molecule has 1 aliphatic rings. The Labute approximate surface area is 110 Å². The van der Waals surface area contributed by atoms with Crippen LogP contribution < -0.4 is 5.32 Å². The number of hydroxylamine groups is 2. The summed E-state index contributed by atoms with van der Waals surface area (Å²) in [5.74, 6) is 0.574. The fourth-order valence-electron chi connectivity index (χ4n) is 1.96. The van der Waals surface area contributed by atoms with Crippen molar-refractivity contribution < 1.29 is 10.0 Å². The molecule has 0 aromatic heterocycles. The molecular weight excluding hydrogens is 228 g/mol. The Bertz CT molecular complexity index is 346.